The standard InChI is InChI=1S/C19H21N3OS/c1-3-16-9-11-17(12-10-16)22-15(2)20-21-19(22)24-14-13-23-18-7-5-4-6-8-18/h4-12H,3,13-14H2,1-2H3. The van der Waals surface area contributed by atoms with Crippen LogP contribution in [0, 0.1) is 6.92 Å². The van der Waals surface area contributed by atoms with Gasteiger partial charge in [0.05, 0.1) is 6.61 Å². The van der Waals surface area contributed by atoms with Gasteiger partial charge < -0.3 is 4.74 Å². The van der Waals surface area contributed by atoms with Crippen molar-refractivity contribution in [2.75, 3.05) is 12.4 Å². The molecule has 0 unspecified atom stereocenters. The van der Waals surface area contributed by atoms with Gasteiger partial charge in [0.2, 0.25) is 0 Å². The number of benzene rings is 2. The van der Waals surface area contributed by atoms with E-state index in [1.807, 2.05) is 37.3 Å². The second-order valence-electron chi connectivity index (χ2n) is 5.40. The van der Waals surface area contributed by atoms with E-state index < -0.39 is 0 Å². The molecule has 0 bridgehead atoms. The zero-order chi connectivity index (χ0) is 16.8. The molecule has 124 valence electrons. The van der Waals surface area contributed by atoms with Crippen LogP contribution in [0.25, 0.3) is 5.69 Å². The van der Waals surface area contributed by atoms with Gasteiger partial charge in [-0.15, -0.1) is 10.2 Å². The summed E-state index contributed by atoms with van der Waals surface area (Å²) in [7, 11) is 0. The molecule has 0 spiro atoms. The largest absolute Gasteiger partial charge is 0.493 e. The molecule has 0 atom stereocenters. The summed E-state index contributed by atoms with van der Waals surface area (Å²) in [6.45, 7) is 4.77. The quantitative estimate of drug-likeness (QED) is 0.475. The van der Waals surface area contributed by atoms with E-state index in [2.05, 4.69) is 46.0 Å². The maximum Gasteiger partial charge on any atom is 0.195 e. The van der Waals surface area contributed by atoms with Crippen LogP contribution in [0.5, 0.6) is 5.75 Å². The third-order valence-electron chi connectivity index (χ3n) is 3.72. The zero-order valence-electron chi connectivity index (χ0n) is 14.0. The Morgan fingerprint density at radius 3 is 2.46 bits per heavy atom. The van der Waals surface area contributed by atoms with E-state index in [1.54, 1.807) is 11.8 Å². The van der Waals surface area contributed by atoms with Gasteiger partial charge in [0.15, 0.2) is 5.16 Å². The topological polar surface area (TPSA) is 39.9 Å². The van der Waals surface area contributed by atoms with Crippen LogP contribution in [0.2, 0.25) is 0 Å². The maximum atomic E-state index is 5.73. The molecule has 4 nitrogen and oxygen atoms in total. The first-order valence-electron chi connectivity index (χ1n) is 8.10. The van der Waals surface area contributed by atoms with Gasteiger partial charge >= 0.3 is 0 Å². The van der Waals surface area contributed by atoms with E-state index in [0.717, 1.165) is 34.6 Å². The molecule has 0 N–H and O–H groups in total. The molecule has 2 aromatic carbocycles. The Balaban J connectivity index is 1.64. The molecule has 5 heteroatoms. The fourth-order valence-electron chi connectivity index (χ4n) is 2.42. The van der Waals surface area contributed by atoms with Gasteiger partial charge in [0.25, 0.3) is 0 Å². The molecular formula is C19H21N3OS. The average Bonchev–Trinajstić information content (AvgIpc) is 3.00. The Morgan fingerprint density at radius 2 is 1.75 bits per heavy atom. The van der Waals surface area contributed by atoms with Gasteiger partial charge in [0.1, 0.15) is 11.6 Å². The fraction of sp³-hybridized carbons (Fsp3) is 0.263. The number of rotatable bonds is 7. The summed E-state index contributed by atoms with van der Waals surface area (Å²) >= 11 is 1.66. The van der Waals surface area contributed by atoms with Crippen LogP contribution in [-0.2, 0) is 6.42 Å². The van der Waals surface area contributed by atoms with Gasteiger partial charge in [-0.3, -0.25) is 4.57 Å². The van der Waals surface area contributed by atoms with Crippen molar-refractivity contribution >= 4 is 11.8 Å². The number of thioether (sulfide) groups is 1. The maximum absolute atomic E-state index is 5.73. The van der Waals surface area contributed by atoms with Gasteiger partial charge in [-0.1, -0.05) is 49.0 Å². The van der Waals surface area contributed by atoms with Crippen LogP contribution in [0.3, 0.4) is 0 Å². The normalized spacial score (nSPS) is 10.8. The molecule has 0 aliphatic carbocycles. The summed E-state index contributed by atoms with van der Waals surface area (Å²) in [5.41, 5.74) is 2.43. The molecular weight excluding hydrogens is 318 g/mol. The van der Waals surface area contributed by atoms with Crippen LogP contribution in [-0.4, -0.2) is 27.1 Å². The number of nitrogens with zero attached hydrogens (tertiary/aromatic N) is 3. The number of aryl methyl sites for hydroxylation is 2. The van der Waals surface area contributed by atoms with Gasteiger partial charge in [-0.25, -0.2) is 0 Å². The van der Waals surface area contributed by atoms with E-state index in [-0.39, 0.29) is 0 Å². The third-order valence-corrected chi connectivity index (χ3v) is 4.62. The van der Waals surface area contributed by atoms with Crippen molar-refractivity contribution in [1.82, 2.24) is 14.8 Å². The highest BCUT2D eigenvalue weighted by Gasteiger charge is 2.11. The van der Waals surface area contributed by atoms with Crippen molar-refractivity contribution in [3.05, 3.63) is 66.0 Å². The zero-order valence-corrected chi connectivity index (χ0v) is 14.8. The SMILES string of the molecule is CCc1ccc(-n2c(C)nnc2SCCOc2ccccc2)cc1. The molecule has 1 heterocycles. The van der Waals surface area contributed by atoms with Crippen molar-refractivity contribution in [3.63, 3.8) is 0 Å². The van der Waals surface area contributed by atoms with Crippen LogP contribution in [0.4, 0.5) is 0 Å². The van der Waals surface area contributed by atoms with Gasteiger partial charge in [-0.2, -0.15) is 0 Å². The first-order chi connectivity index (χ1) is 11.8. The highest BCUT2D eigenvalue weighted by Crippen LogP contribution is 2.22. The molecule has 3 rings (SSSR count). The summed E-state index contributed by atoms with van der Waals surface area (Å²) in [6, 6.07) is 18.4. The monoisotopic (exact) mass is 339 g/mol. The van der Waals surface area contributed by atoms with Gasteiger partial charge in [-0.05, 0) is 43.2 Å². The Labute approximate surface area is 146 Å². The van der Waals surface area contributed by atoms with E-state index >= 15 is 0 Å². The van der Waals surface area contributed by atoms with Crippen molar-refractivity contribution in [3.8, 4) is 11.4 Å². The van der Waals surface area contributed by atoms with Crippen LogP contribution in [0.1, 0.15) is 18.3 Å². The first kappa shape index (κ1) is 16.6. The van der Waals surface area contributed by atoms with Crippen LogP contribution < -0.4 is 4.74 Å². The van der Waals surface area contributed by atoms with E-state index in [4.69, 9.17) is 4.74 Å². The lowest BCUT2D eigenvalue weighted by molar-refractivity contribution is 0.344. The Morgan fingerprint density at radius 1 is 1.00 bits per heavy atom. The van der Waals surface area contributed by atoms with Crippen molar-refractivity contribution < 1.29 is 4.74 Å². The van der Waals surface area contributed by atoms with E-state index in [1.165, 1.54) is 5.56 Å². The van der Waals surface area contributed by atoms with Crippen molar-refractivity contribution in [2.24, 2.45) is 0 Å². The molecule has 0 fully saturated rings. The lowest BCUT2D eigenvalue weighted by Crippen LogP contribution is -2.03. The smallest absolute Gasteiger partial charge is 0.195 e. The molecule has 0 amide bonds. The molecule has 0 radical (unpaired) electrons. The lowest BCUT2D eigenvalue weighted by Gasteiger charge is -2.09. The first-order valence-corrected chi connectivity index (χ1v) is 9.08. The minimum Gasteiger partial charge on any atom is -0.493 e. The van der Waals surface area contributed by atoms with Crippen LogP contribution >= 0.6 is 11.8 Å². The minimum atomic E-state index is 0.634. The Bertz CT molecular complexity index is 769. The van der Waals surface area contributed by atoms with Crippen molar-refractivity contribution in [1.29, 1.82) is 0 Å². The summed E-state index contributed by atoms with van der Waals surface area (Å²) in [5.74, 6) is 2.61. The number of para-hydroxylation sites is 1. The number of aromatic nitrogens is 3. The highest BCUT2D eigenvalue weighted by atomic mass is 32.2. The summed E-state index contributed by atoms with van der Waals surface area (Å²) in [5, 5.41) is 9.42. The highest BCUT2D eigenvalue weighted by molar-refractivity contribution is 7.99. The Kier molecular flexibility index (Phi) is 5.54. The number of ether oxygens (including phenoxy) is 1. The summed E-state index contributed by atoms with van der Waals surface area (Å²) < 4.78 is 7.82. The molecule has 24 heavy (non-hydrogen) atoms. The third kappa shape index (κ3) is 3.97. The predicted molar refractivity (Wildman–Crippen MR) is 98.1 cm³/mol. The lowest BCUT2D eigenvalue weighted by atomic mass is 10.1. The molecule has 1 aromatic heterocycles. The second-order valence-corrected chi connectivity index (χ2v) is 6.46. The molecule has 0 aliphatic rings. The second kappa shape index (κ2) is 8.02. The fourth-order valence-corrected chi connectivity index (χ4v) is 3.24. The molecule has 0 aliphatic heterocycles. The van der Waals surface area contributed by atoms with E-state index in [9.17, 15) is 0 Å². The minimum absolute atomic E-state index is 0.634. The number of hydrogen-bond acceptors (Lipinski definition) is 4. The number of hydrogen-bond donors (Lipinski definition) is 0. The summed E-state index contributed by atoms with van der Waals surface area (Å²) in [6.07, 6.45) is 1.04. The molecule has 0 saturated heterocycles. The summed E-state index contributed by atoms with van der Waals surface area (Å²) in [4.78, 5) is 0. The predicted octanol–water partition coefficient (Wildman–Crippen LogP) is 4.31. The van der Waals surface area contributed by atoms with E-state index in [0.29, 0.717) is 6.61 Å². The average molecular weight is 339 g/mol. The van der Waals surface area contributed by atoms with Gasteiger partial charge in [0, 0.05) is 11.4 Å². The molecule has 3 aromatic rings. The Hall–Kier alpha value is -2.27. The van der Waals surface area contributed by atoms with Crippen molar-refractivity contribution in [2.45, 2.75) is 25.4 Å². The van der Waals surface area contributed by atoms with Crippen LogP contribution in [0.15, 0.2) is 59.8 Å². The molecule has 0 saturated carbocycles.